The number of benzene rings is 4. The van der Waals surface area contributed by atoms with Crippen molar-refractivity contribution in [3.05, 3.63) is 108 Å². The number of hydrogen-bond acceptors (Lipinski definition) is 5. The third-order valence-corrected chi connectivity index (χ3v) is 7.05. The standard InChI is InChI=1S/C30H24N4O/c1-5-13-25-21(9-1)17-19-33(25)27-15-7-3-11-23(27)29-31-32-30(35-29)24-12-4-8-16-28(24)34-20-18-22-10-2-6-14-26(22)34/h1-16H,17-20H2. The van der Waals surface area contributed by atoms with E-state index in [2.05, 4.69) is 105 Å². The van der Waals surface area contributed by atoms with Crippen LogP contribution in [0.5, 0.6) is 0 Å². The third-order valence-electron chi connectivity index (χ3n) is 7.05. The van der Waals surface area contributed by atoms with Gasteiger partial charge in [-0.05, 0) is 60.4 Å². The Balaban J connectivity index is 1.28. The molecule has 170 valence electrons. The summed E-state index contributed by atoms with van der Waals surface area (Å²) in [5.41, 5.74) is 9.32. The molecule has 2 aliphatic rings. The van der Waals surface area contributed by atoms with E-state index in [1.165, 1.54) is 22.5 Å². The van der Waals surface area contributed by atoms with Crippen LogP contribution in [0.4, 0.5) is 22.7 Å². The van der Waals surface area contributed by atoms with Crippen LogP contribution in [0, 0.1) is 0 Å². The van der Waals surface area contributed by atoms with Gasteiger partial charge in [0.15, 0.2) is 0 Å². The zero-order chi connectivity index (χ0) is 23.2. The van der Waals surface area contributed by atoms with Crippen molar-refractivity contribution in [2.75, 3.05) is 22.9 Å². The predicted molar refractivity (Wildman–Crippen MR) is 139 cm³/mol. The van der Waals surface area contributed by atoms with Crippen molar-refractivity contribution in [2.24, 2.45) is 0 Å². The van der Waals surface area contributed by atoms with E-state index < -0.39 is 0 Å². The molecule has 0 aliphatic carbocycles. The first-order valence-electron chi connectivity index (χ1n) is 12.1. The van der Waals surface area contributed by atoms with Crippen LogP contribution < -0.4 is 9.80 Å². The first-order valence-corrected chi connectivity index (χ1v) is 12.1. The normalized spacial score (nSPS) is 14.3. The van der Waals surface area contributed by atoms with E-state index in [-0.39, 0.29) is 0 Å². The summed E-state index contributed by atoms with van der Waals surface area (Å²) in [6.07, 6.45) is 2.06. The van der Waals surface area contributed by atoms with Gasteiger partial charge in [-0.2, -0.15) is 0 Å². The second-order valence-corrected chi connectivity index (χ2v) is 9.01. The Bertz CT molecular complexity index is 1430. The summed E-state index contributed by atoms with van der Waals surface area (Å²) >= 11 is 0. The Morgan fingerprint density at radius 2 is 0.886 bits per heavy atom. The zero-order valence-corrected chi connectivity index (χ0v) is 19.3. The summed E-state index contributed by atoms with van der Waals surface area (Å²) in [5.74, 6) is 1.08. The molecule has 0 saturated carbocycles. The largest absolute Gasteiger partial charge is 0.416 e. The molecule has 5 nitrogen and oxygen atoms in total. The highest BCUT2D eigenvalue weighted by molar-refractivity contribution is 5.83. The van der Waals surface area contributed by atoms with Gasteiger partial charge in [0.05, 0.1) is 22.5 Å². The van der Waals surface area contributed by atoms with Gasteiger partial charge in [-0.1, -0.05) is 60.7 Å². The maximum Gasteiger partial charge on any atom is 0.250 e. The van der Waals surface area contributed by atoms with Gasteiger partial charge in [0.25, 0.3) is 0 Å². The maximum atomic E-state index is 6.36. The van der Waals surface area contributed by atoms with E-state index in [1.807, 2.05) is 12.1 Å². The molecule has 35 heavy (non-hydrogen) atoms. The first kappa shape index (κ1) is 20.0. The number of hydrogen-bond donors (Lipinski definition) is 0. The maximum absolute atomic E-state index is 6.36. The molecule has 0 saturated heterocycles. The molecule has 0 amide bonds. The van der Waals surface area contributed by atoms with Crippen molar-refractivity contribution >= 4 is 22.7 Å². The summed E-state index contributed by atoms with van der Waals surface area (Å²) in [5, 5.41) is 9.00. The van der Waals surface area contributed by atoms with Crippen LogP contribution in [0.3, 0.4) is 0 Å². The Morgan fingerprint density at radius 1 is 0.486 bits per heavy atom. The minimum absolute atomic E-state index is 0.539. The highest BCUT2D eigenvalue weighted by atomic mass is 16.4. The molecule has 0 unspecified atom stereocenters. The highest BCUT2D eigenvalue weighted by Gasteiger charge is 2.26. The van der Waals surface area contributed by atoms with E-state index in [0.717, 1.165) is 48.4 Å². The topological polar surface area (TPSA) is 45.4 Å². The monoisotopic (exact) mass is 456 g/mol. The van der Waals surface area contributed by atoms with Crippen molar-refractivity contribution in [1.82, 2.24) is 10.2 Å². The van der Waals surface area contributed by atoms with Crippen LogP contribution in [-0.2, 0) is 12.8 Å². The molecular weight excluding hydrogens is 432 g/mol. The lowest BCUT2D eigenvalue weighted by atomic mass is 10.1. The molecule has 0 N–H and O–H groups in total. The van der Waals surface area contributed by atoms with Gasteiger partial charge >= 0.3 is 0 Å². The fourth-order valence-electron chi connectivity index (χ4n) is 5.40. The number of para-hydroxylation sites is 4. The second-order valence-electron chi connectivity index (χ2n) is 9.01. The van der Waals surface area contributed by atoms with Crippen LogP contribution in [0.25, 0.3) is 22.9 Å². The van der Waals surface area contributed by atoms with E-state index in [4.69, 9.17) is 4.42 Å². The summed E-state index contributed by atoms with van der Waals surface area (Å²) in [7, 11) is 0. The SMILES string of the molecule is c1ccc2c(c1)CCN2c1ccccc1-c1nnc(-c2ccccc2N2CCc3ccccc32)o1. The number of aromatic nitrogens is 2. The molecular formula is C30H24N4O. The predicted octanol–water partition coefficient (Wildman–Crippen LogP) is 6.79. The van der Waals surface area contributed by atoms with Gasteiger partial charge in [0.1, 0.15) is 0 Å². The molecule has 1 aromatic heterocycles. The number of anilines is 4. The Morgan fingerprint density at radius 3 is 1.37 bits per heavy atom. The fraction of sp³-hybridized carbons (Fsp3) is 0.133. The van der Waals surface area contributed by atoms with Gasteiger partial charge < -0.3 is 14.2 Å². The lowest BCUT2D eigenvalue weighted by Gasteiger charge is -2.22. The zero-order valence-electron chi connectivity index (χ0n) is 19.3. The van der Waals surface area contributed by atoms with Gasteiger partial charge in [-0.25, -0.2) is 0 Å². The van der Waals surface area contributed by atoms with Crippen LogP contribution >= 0.6 is 0 Å². The summed E-state index contributed by atoms with van der Waals surface area (Å²) in [4.78, 5) is 4.70. The molecule has 2 aliphatic heterocycles. The molecule has 7 rings (SSSR count). The average molecular weight is 457 g/mol. The molecule has 0 bridgehead atoms. The molecule has 3 heterocycles. The fourth-order valence-corrected chi connectivity index (χ4v) is 5.40. The van der Waals surface area contributed by atoms with E-state index in [1.54, 1.807) is 0 Å². The lowest BCUT2D eigenvalue weighted by molar-refractivity contribution is 0.584. The molecule has 0 fully saturated rings. The van der Waals surface area contributed by atoms with Gasteiger partial charge in [0.2, 0.25) is 11.8 Å². The van der Waals surface area contributed by atoms with Crippen molar-refractivity contribution in [2.45, 2.75) is 12.8 Å². The van der Waals surface area contributed by atoms with Crippen molar-refractivity contribution < 1.29 is 4.42 Å². The summed E-state index contributed by atoms with van der Waals surface area (Å²) in [6, 6.07) is 33.8. The molecule has 0 atom stereocenters. The van der Waals surface area contributed by atoms with Gasteiger partial charge in [0, 0.05) is 24.5 Å². The average Bonchev–Trinajstić information content (AvgIpc) is 3.67. The van der Waals surface area contributed by atoms with Crippen LogP contribution in [0.15, 0.2) is 101 Å². The molecule has 5 aromatic rings. The Hall–Kier alpha value is -4.38. The van der Waals surface area contributed by atoms with Crippen molar-refractivity contribution in [3.8, 4) is 22.9 Å². The van der Waals surface area contributed by atoms with E-state index in [9.17, 15) is 0 Å². The smallest absolute Gasteiger partial charge is 0.250 e. The second kappa shape index (κ2) is 8.13. The quantitative estimate of drug-likeness (QED) is 0.298. The summed E-state index contributed by atoms with van der Waals surface area (Å²) in [6.45, 7) is 1.88. The molecule has 5 heteroatoms. The van der Waals surface area contributed by atoms with Crippen LogP contribution in [0.2, 0.25) is 0 Å². The van der Waals surface area contributed by atoms with E-state index in [0.29, 0.717) is 11.8 Å². The molecule has 0 spiro atoms. The van der Waals surface area contributed by atoms with Crippen molar-refractivity contribution in [1.29, 1.82) is 0 Å². The molecule has 0 radical (unpaired) electrons. The minimum Gasteiger partial charge on any atom is -0.416 e. The number of nitrogens with zero attached hydrogens (tertiary/aromatic N) is 4. The lowest BCUT2D eigenvalue weighted by Crippen LogP contribution is -2.14. The number of fused-ring (bicyclic) bond motifs is 2. The highest BCUT2D eigenvalue weighted by Crippen LogP contribution is 2.42. The van der Waals surface area contributed by atoms with Crippen molar-refractivity contribution in [3.63, 3.8) is 0 Å². The Labute approximate surface area is 204 Å². The van der Waals surface area contributed by atoms with E-state index >= 15 is 0 Å². The van der Waals surface area contributed by atoms with Crippen LogP contribution in [-0.4, -0.2) is 23.3 Å². The number of rotatable bonds is 4. The minimum atomic E-state index is 0.539. The Kier molecular flexibility index (Phi) is 4.65. The first-order chi connectivity index (χ1) is 17.4. The third kappa shape index (κ3) is 3.31. The van der Waals surface area contributed by atoms with Crippen LogP contribution in [0.1, 0.15) is 11.1 Å². The van der Waals surface area contributed by atoms with Gasteiger partial charge in [-0.3, -0.25) is 0 Å². The summed E-state index contributed by atoms with van der Waals surface area (Å²) < 4.78 is 6.36. The molecule has 4 aromatic carbocycles. The van der Waals surface area contributed by atoms with Gasteiger partial charge in [-0.15, -0.1) is 10.2 Å².